The van der Waals surface area contributed by atoms with Gasteiger partial charge in [0.1, 0.15) is 6.07 Å². The molecule has 20 heavy (non-hydrogen) atoms. The van der Waals surface area contributed by atoms with E-state index in [-0.39, 0.29) is 6.04 Å². The molecule has 0 bridgehead atoms. The van der Waals surface area contributed by atoms with E-state index in [2.05, 4.69) is 42.0 Å². The van der Waals surface area contributed by atoms with Crippen LogP contribution < -0.4 is 11.1 Å². The fourth-order valence-corrected chi connectivity index (χ4v) is 2.15. The molecule has 0 fully saturated rings. The first-order chi connectivity index (χ1) is 9.62. The topological polar surface area (TPSA) is 78.0 Å². The maximum absolute atomic E-state index is 8.94. The number of pyridine rings is 1. The molecule has 1 rings (SSSR count). The predicted octanol–water partition coefficient (Wildman–Crippen LogP) is 2.46. The molecule has 110 valence electrons. The average molecular weight is 275 g/mol. The average Bonchev–Trinajstić information content (AvgIpc) is 2.46. The van der Waals surface area contributed by atoms with E-state index in [0.29, 0.717) is 17.1 Å². The van der Waals surface area contributed by atoms with Crippen molar-refractivity contribution in [1.29, 1.82) is 5.26 Å². The number of aromatic nitrogens is 1. The standard InChI is InChI=1S/C15H25N5/c1-4-20(5-2)10-6-7-12(3)19-15-14(17)13(11-16)8-9-18-15/h8-9,12H,4-7,10,17H2,1-3H3,(H,18,19). The summed E-state index contributed by atoms with van der Waals surface area (Å²) in [6, 6.07) is 3.99. The van der Waals surface area contributed by atoms with Gasteiger partial charge in [0, 0.05) is 12.2 Å². The Morgan fingerprint density at radius 3 is 2.75 bits per heavy atom. The number of nitriles is 1. The number of nitrogens with one attached hydrogen (secondary N) is 1. The third-order valence-electron chi connectivity index (χ3n) is 3.50. The third kappa shape index (κ3) is 4.71. The van der Waals surface area contributed by atoms with Gasteiger partial charge in [0.25, 0.3) is 0 Å². The van der Waals surface area contributed by atoms with Crippen LogP contribution in [-0.2, 0) is 0 Å². The van der Waals surface area contributed by atoms with Crippen LogP contribution in [0.4, 0.5) is 11.5 Å². The lowest BCUT2D eigenvalue weighted by Crippen LogP contribution is -2.26. The molecular formula is C15H25N5. The molecule has 0 aliphatic heterocycles. The summed E-state index contributed by atoms with van der Waals surface area (Å²) >= 11 is 0. The van der Waals surface area contributed by atoms with Gasteiger partial charge < -0.3 is 16.0 Å². The molecule has 1 heterocycles. The second-order valence-corrected chi connectivity index (χ2v) is 4.95. The largest absolute Gasteiger partial charge is 0.395 e. The quantitative estimate of drug-likeness (QED) is 0.762. The van der Waals surface area contributed by atoms with Gasteiger partial charge in [-0.15, -0.1) is 0 Å². The highest BCUT2D eigenvalue weighted by Gasteiger charge is 2.09. The third-order valence-corrected chi connectivity index (χ3v) is 3.50. The van der Waals surface area contributed by atoms with Gasteiger partial charge in [-0.3, -0.25) is 0 Å². The Labute approximate surface area is 121 Å². The highest BCUT2D eigenvalue weighted by molar-refractivity contribution is 5.69. The van der Waals surface area contributed by atoms with Crippen molar-refractivity contribution in [2.45, 2.75) is 39.7 Å². The number of nitrogen functional groups attached to an aromatic ring is 1. The molecule has 0 saturated carbocycles. The number of rotatable bonds is 8. The van der Waals surface area contributed by atoms with Gasteiger partial charge in [-0.05, 0) is 45.5 Å². The molecule has 3 N–H and O–H groups in total. The van der Waals surface area contributed by atoms with Crippen molar-refractivity contribution in [1.82, 2.24) is 9.88 Å². The zero-order valence-electron chi connectivity index (χ0n) is 12.7. The Morgan fingerprint density at radius 2 is 2.15 bits per heavy atom. The van der Waals surface area contributed by atoms with Crippen LogP contribution in [-0.4, -0.2) is 35.6 Å². The van der Waals surface area contributed by atoms with Gasteiger partial charge in [0.05, 0.1) is 11.3 Å². The summed E-state index contributed by atoms with van der Waals surface area (Å²) in [4.78, 5) is 6.62. The van der Waals surface area contributed by atoms with E-state index >= 15 is 0 Å². The summed E-state index contributed by atoms with van der Waals surface area (Å²) in [6.45, 7) is 9.78. The number of nitrogens with zero attached hydrogens (tertiary/aromatic N) is 3. The van der Waals surface area contributed by atoms with Crippen LogP contribution in [0.3, 0.4) is 0 Å². The first kappa shape index (κ1) is 16.3. The van der Waals surface area contributed by atoms with Crippen molar-refractivity contribution in [3.8, 4) is 6.07 Å². The lowest BCUT2D eigenvalue weighted by atomic mass is 10.1. The van der Waals surface area contributed by atoms with Gasteiger partial charge >= 0.3 is 0 Å². The maximum Gasteiger partial charge on any atom is 0.150 e. The Kier molecular flexibility index (Phi) is 6.82. The Morgan fingerprint density at radius 1 is 1.45 bits per heavy atom. The molecule has 0 radical (unpaired) electrons. The van der Waals surface area contributed by atoms with E-state index in [1.54, 1.807) is 12.3 Å². The highest BCUT2D eigenvalue weighted by Crippen LogP contribution is 2.20. The zero-order chi connectivity index (χ0) is 15.0. The minimum atomic E-state index is 0.286. The Balaban J connectivity index is 2.47. The van der Waals surface area contributed by atoms with Crippen LogP contribution in [0, 0.1) is 11.3 Å². The van der Waals surface area contributed by atoms with Crippen molar-refractivity contribution >= 4 is 11.5 Å². The lowest BCUT2D eigenvalue weighted by molar-refractivity contribution is 0.295. The van der Waals surface area contributed by atoms with Gasteiger partial charge in [-0.25, -0.2) is 4.98 Å². The second-order valence-electron chi connectivity index (χ2n) is 4.95. The number of hydrogen-bond donors (Lipinski definition) is 2. The lowest BCUT2D eigenvalue weighted by Gasteiger charge is -2.20. The summed E-state index contributed by atoms with van der Waals surface area (Å²) in [5.74, 6) is 0.611. The number of hydrogen-bond acceptors (Lipinski definition) is 5. The molecule has 5 heteroatoms. The summed E-state index contributed by atoms with van der Waals surface area (Å²) in [6.07, 6.45) is 3.79. The van der Waals surface area contributed by atoms with E-state index in [4.69, 9.17) is 11.0 Å². The molecule has 0 aliphatic carbocycles. The SMILES string of the molecule is CCN(CC)CCCC(C)Nc1nccc(C#N)c1N. The van der Waals surface area contributed by atoms with Gasteiger partial charge in [-0.1, -0.05) is 13.8 Å². The zero-order valence-corrected chi connectivity index (χ0v) is 12.7. The fraction of sp³-hybridized carbons (Fsp3) is 0.600. The van der Waals surface area contributed by atoms with Gasteiger partial charge in [-0.2, -0.15) is 5.26 Å². The van der Waals surface area contributed by atoms with Crippen LogP contribution in [0.25, 0.3) is 0 Å². The van der Waals surface area contributed by atoms with Crippen molar-refractivity contribution in [3.63, 3.8) is 0 Å². The first-order valence-corrected chi connectivity index (χ1v) is 7.25. The molecule has 1 unspecified atom stereocenters. The van der Waals surface area contributed by atoms with Crippen LogP contribution in [0.1, 0.15) is 39.2 Å². The summed E-state index contributed by atoms with van der Waals surface area (Å²) < 4.78 is 0. The van der Waals surface area contributed by atoms with Crippen molar-refractivity contribution in [2.24, 2.45) is 0 Å². The molecule has 1 aromatic rings. The molecule has 0 amide bonds. The molecule has 5 nitrogen and oxygen atoms in total. The molecule has 1 aromatic heterocycles. The molecule has 0 aromatic carbocycles. The van der Waals surface area contributed by atoms with Gasteiger partial charge in [0.2, 0.25) is 0 Å². The fourth-order valence-electron chi connectivity index (χ4n) is 2.15. The van der Waals surface area contributed by atoms with Crippen LogP contribution in [0.5, 0.6) is 0 Å². The first-order valence-electron chi connectivity index (χ1n) is 7.25. The summed E-state index contributed by atoms with van der Waals surface area (Å²) in [5.41, 5.74) is 6.81. The monoisotopic (exact) mass is 275 g/mol. The van der Waals surface area contributed by atoms with Crippen LogP contribution >= 0.6 is 0 Å². The molecular weight excluding hydrogens is 250 g/mol. The van der Waals surface area contributed by atoms with E-state index in [1.807, 2.05) is 0 Å². The van der Waals surface area contributed by atoms with E-state index < -0.39 is 0 Å². The number of anilines is 2. The predicted molar refractivity (Wildman–Crippen MR) is 83.5 cm³/mol. The molecule has 0 saturated heterocycles. The second kappa shape index (κ2) is 8.39. The molecule has 0 aliphatic rings. The molecule has 1 atom stereocenters. The minimum absolute atomic E-state index is 0.286. The van der Waals surface area contributed by atoms with E-state index in [0.717, 1.165) is 32.5 Å². The number of nitrogens with two attached hydrogens (primary N) is 1. The maximum atomic E-state index is 8.94. The van der Waals surface area contributed by atoms with Crippen LogP contribution in [0.15, 0.2) is 12.3 Å². The smallest absolute Gasteiger partial charge is 0.150 e. The van der Waals surface area contributed by atoms with Gasteiger partial charge in [0.15, 0.2) is 5.82 Å². The van der Waals surface area contributed by atoms with Crippen molar-refractivity contribution in [2.75, 3.05) is 30.7 Å². The van der Waals surface area contributed by atoms with Crippen molar-refractivity contribution in [3.05, 3.63) is 17.8 Å². The summed E-state index contributed by atoms with van der Waals surface area (Å²) in [5, 5.41) is 12.2. The van der Waals surface area contributed by atoms with Crippen molar-refractivity contribution < 1.29 is 0 Å². The normalized spacial score (nSPS) is 12.2. The Bertz CT molecular complexity index is 448. The highest BCUT2D eigenvalue weighted by atomic mass is 15.1. The van der Waals surface area contributed by atoms with E-state index in [1.165, 1.54) is 0 Å². The van der Waals surface area contributed by atoms with Crippen LogP contribution in [0.2, 0.25) is 0 Å². The Hall–Kier alpha value is -1.80. The summed E-state index contributed by atoms with van der Waals surface area (Å²) in [7, 11) is 0. The minimum Gasteiger partial charge on any atom is -0.395 e. The molecule has 0 spiro atoms. The van der Waals surface area contributed by atoms with E-state index in [9.17, 15) is 0 Å².